The first-order chi connectivity index (χ1) is 68.9. The number of hydrogen-bond donors (Lipinski definition) is 0. The summed E-state index contributed by atoms with van der Waals surface area (Å²) in [5.74, 6) is 3.31. The van der Waals surface area contributed by atoms with Gasteiger partial charge in [0.1, 0.15) is 0 Å². The van der Waals surface area contributed by atoms with Crippen LogP contribution in [-0.4, -0.2) is 45.8 Å². The highest BCUT2D eigenvalue weighted by molar-refractivity contribution is 7.00. The fourth-order valence-corrected chi connectivity index (χ4v) is 21.5. The lowest BCUT2D eigenvalue weighted by molar-refractivity contribution is 0.569. The number of aromatic nitrogens is 8. The lowest BCUT2D eigenvalue weighted by Crippen LogP contribution is -2.61. The minimum Gasteiger partial charge on any atom is -0.310 e. The van der Waals surface area contributed by atoms with Crippen LogP contribution in [0.2, 0.25) is 0 Å². The van der Waals surface area contributed by atoms with Crippen molar-refractivity contribution in [2.45, 2.75) is 209 Å². The molecule has 6 heterocycles. The minimum atomic E-state index is -0.484. The third kappa shape index (κ3) is 17.2. The van der Waals surface area contributed by atoms with Crippen LogP contribution in [0.4, 0.5) is 34.1 Å². The molecule has 0 fully saturated rings. The van der Waals surface area contributed by atoms with Gasteiger partial charge in [0.2, 0.25) is 0 Å². The Morgan fingerprint density at radius 3 is 0.697 bits per heavy atom. The summed E-state index contributed by atoms with van der Waals surface area (Å²) in [5, 5.41) is 4.83. The van der Waals surface area contributed by atoms with E-state index in [0.717, 1.165) is 162 Å². The van der Waals surface area contributed by atoms with Crippen molar-refractivity contribution < 1.29 is 0 Å². The van der Waals surface area contributed by atoms with E-state index >= 15 is 0 Å². The number of nitrogens with zero attached hydrogens (tertiary/aromatic N) is 10. The molecule has 10 nitrogen and oxygen atoms in total. The zero-order chi connectivity index (χ0) is 101. The van der Waals surface area contributed by atoms with Gasteiger partial charge in [0, 0.05) is 100 Å². The maximum atomic E-state index is 5.94. The number of hydrogen-bond acceptors (Lipinski definition) is 8. The van der Waals surface area contributed by atoms with Crippen molar-refractivity contribution in [3.05, 3.63) is 390 Å². The SMILES string of the molecule is CC(C)(C)c1cc(-c2cc3c4c(c2)N(c2c(-c5ccccc5)cc(C(C)(C)C)cc2-c2nc(-c5ccccc5)nc(-c5ccccc5)n2)c2cc(-n5c6ccc(C(C)(C)C)cc6c6cc(C(C)(C)C)ccc65)ccc2B4c2ccc(-n4c5ccc(C(C)(C)C)cc5c5cc(C(C)(C)C)ccc54)cc2N3c2c(-c3ccccc3)cc(C(C)(C)C)cc2-c2nc(-c3ccccc3)nc(-c3ccccc3)n2)cc(C(C)(C)C)c1. The zero-order valence-electron chi connectivity index (χ0n) is 88.5. The predicted molar refractivity (Wildman–Crippen MR) is 614 cm³/mol. The van der Waals surface area contributed by atoms with Crippen LogP contribution in [0.1, 0.15) is 211 Å². The van der Waals surface area contributed by atoms with E-state index in [-0.39, 0.29) is 32.5 Å². The molecule has 22 rings (SSSR count). The van der Waals surface area contributed by atoms with Gasteiger partial charge in [0.15, 0.2) is 34.9 Å². The van der Waals surface area contributed by atoms with E-state index < -0.39 is 17.5 Å². The number of benzene rings is 16. The summed E-state index contributed by atoms with van der Waals surface area (Å²) >= 11 is 0. The van der Waals surface area contributed by atoms with Gasteiger partial charge in [-0.3, -0.25) is 0 Å². The number of fused-ring (bicyclic) bond motifs is 10. The highest BCUT2D eigenvalue weighted by Crippen LogP contribution is 2.57. The summed E-state index contributed by atoms with van der Waals surface area (Å²) in [5.41, 5.74) is 34.7. The normalized spacial score (nSPS) is 13.2. The van der Waals surface area contributed by atoms with E-state index in [1.165, 1.54) is 54.9 Å². The van der Waals surface area contributed by atoms with E-state index in [1.54, 1.807) is 0 Å². The van der Waals surface area contributed by atoms with Gasteiger partial charge >= 0.3 is 0 Å². The van der Waals surface area contributed by atoms with Gasteiger partial charge in [-0.25, -0.2) is 29.9 Å². The Kier molecular flexibility index (Phi) is 22.7. The Morgan fingerprint density at radius 2 is 0.428 bits per heavy atom. The predicted octanol–water partition coefficient (Wildman–Crippen LogP) is 33.7. The molecule has 145 heavy (non-hydrogen) atoms. The molecular weight excluding hydrogens is 1760 g/mol. The van der Waals surface area contributed by atoms with Gasteiger partial charge in [-0.15, -0.1) is 0 Å². The van der Waals surface area contributed by atoms with E-state index in [1.807, 2.05) is 0 Å². The molecule has 0 bridgehead atoms. The Labute approximate surface area is 856 Å². The molecule has 0 amide bonds. The largest absolute Gasteiger partial charge is 0.310 e. The van der Waals surface area contributed by atoms with E-state index in [4.69, 9.17) is 29.9 Å². The third-order valence-electron chi connectivity index (χ3n) is 30.0. The fourth-order valence-electron chi connectivity index (χ4n) is 21.5. The second kappa shape index (κ2) is 34.8. The first-order valence-corrected chi connectivity index (χ1v) is 51.6. The van der Waals surface area contributed by atoms with Crippen LogP contribution in [0.25, 0.3) is 157 Å². The molecule has 0 N–H and O–H groups in total. The Hall–Kier alpha value is -15.2. The third-order valence-corrected chi connectivity index (χ3v) is 30.0. The van der Waals surface area contributed by atoms with Gasteiger partial charge in [0.25, 0.3) is 6.71 Å². The van der Waals surface area contributed by atoms with Crippen LogP contribution in [-0.2, 0) is 43.3 Å². The van der Waals surface area contributed by atoms with E-state index in [0.29, 0.717) is 34.9 Å². The number of anilines is 6. The summed E-state index contributed by atoms with van der Waals surface area (Å²) in [6, 6.07) is 130. The molecule has 0 saturated carbocycles. The van der Waals surface area contributed by atoms with Crippen molar-refractivity contribution in [1.82, 2.24) is 39.0 Å². The van der Waals surface area contributed by atoms with Crippen LogP contribution in [0.3, 0.4) is 0 Å². The highest BCUT2D eigenvalue weighted by Gasteiger charge is 2.48. The van der Waals surface area contributed by atoms with Crippen molar-refractivity contribution in [2.24, 2.45) is 0 Å². The van der Waals surface area contributed by atoms with Crippen molar-refractivity contribution in [3.63, 3.8) is 0 Å². The fraction of sp³-hybridized carbons (Fsp3) is 0.239. The summed E-state index contributed by atoms with van der Waals surface area (Å²) in [7, 11) is 0. The average Bonchev–Trinajstić information content (AvgIpc) is 1.65. The van der Waals surface area contributed by atoms with Crippen LogP contribution in [0.5, 0.6) is 0 Å². The maximum absolute atomic E-state index is 5.94. The summed E-state index contributed by atoms with van der Waals surface area (Å²) < 4.78 is 5.12. The molecule has 0 unspecified atom stereocenters. The first-order valence-electron chi connectivity index (χ1n) is 51.6. The van der Waals surface area contributed by atoms with Crippen molar-refractivity contribution in [1.29, 1.82) is 0 Å². The summed E-state index contributed by atoms with van der Waals surface area (Å²) in [4.78, 5) is 40.2. The van der Waals surface area contributed by atoms with Crippen LogP contribution in [0.15, 0.2) is 346 Å². The molecule has 4 aromatic heterocycles. The highest BCUT2D eigenvalue weighted by atomic mass is 15.2. The molecule has 20 aromatic rings. The van der Waals surface area contributed by atoms with Crippen molar-refractivity contribution in [2.75, 3.05) is 9.80 Å². The van der Waals surface area contributed by atoms with Gasteiger partial charge < -0.3 is 18.9 Å². The molecule has 0 radical (unpaired) electrons. The number of rotatable bonds is 13. The molecule has 2 aliphatic rings. The first kappa shape index (κ1) is 94.7. The van der Waals surface area contributed by atoms with Gasteiger partial charge in [-0.1, -0.05) is 403 Å². The van der Waals surface area contributed by atoms with Crippen molar-refractivity contribution >= 4 is 101 Å². The topological polar surface area (TPSA) is 93.7 Å². The lowest BCUT2D eigenvalue weighted by atomic mass is 9.33. The summed E-state index contributed by atoms with van der Waals surface area (Å²) in [6.07, 6.45) is 0. The second-order valence-corrected chi connectivity index (χ2v) is 48.6. The minimum absolute atomic E-state index is 0.142. The van der Waals surface area contributed by atoms with Crippen LogP contribution >= 0.6 is 0 Å². The molecule has 11 heteroatoms. The molecule has 2 aliphatic heterocycles. The molecular formula is C134H129BN10. The Balaban J connectivity index is 0.975. The van der Waals surface area contributed by atoms with Crippen molar-refractivity contribution in [3.8, 4) is 113 Å². The quantitative estimate of drug-likeness (QED) is 0.105. The molecule has 16 aromatic carbocycles. The van der Waals surface area contributed by atoms with Crippen LogP contribution < -0.4 is 26.2 Å². The van der Waals surface area contributed by atoms with Crippen LogP contribution in [0, 0.1) is 0 Å². The smallest absolute Gasteiger partial charge is 0.252 e. The summed E-state index contributed by atoms with van der Waals surface area (Å²) in [6.45, 7) is 55.7. The van der Waals surface area contributed by atoms with Gasteiger partial charge in [-0.05, 0) is 236 Å². The lowest BCUT2D eigenvalue weighted by Gasteiger charge is -2.46. The molecule has 0 aliphatic carbocycles. The van der Waals surface area contributed by atoms with Gasteiger partial charge in [0.05, 0.1) is 33.4 Å². The van der Waals surface area contributed by atoms with Gasteiger partial charge in [-0.2, -0.15) is 0 Å². The monoisotopic (exact) mass is 1890 g/mol. The maximum Gasteiger partial charge on any atom is 0.252 e. The second-order valence-electron chi connectivity index (χ2n) is 48.6. The molecule has 0 spiro atoms. The Morgan fingerprint density at radius 1 is 0.186 bits per heavy atom. The standard InChI is InChI=1S/C134H129BN10/c1-127(2,3)90-55-63-110-102(72-90)103-73-91(128(4,5)6)56-64-111(103)142(110)98-59-61-108-114(80-98)144(119-100(82-43-31-25-32-44-82)76-96(133(19,20)21)78-106(119)125-138-121(84-47-35-27-36-48-84)136-122(139-125)85-49-37-28-38-50-85)116-69-89(88-67-94(131(13,14)15)71-95(68-88)132(16,17)18)70-117-118(116)135(108)109-62-60-99(143-112-65-57-92(129(7,8)9)74-104(112)105-75-93(130(10,11)12)58-66-113(105)143)81-115(109)145(117)120-101(83-45-33-26-34-46-83)77-97(134(22,23)24)79-107(120)126-140-123(86-51-39-29-40-52-86)137-124(141-126)87-53-41-30-42-54-87/h25-81H,1-24H3. The zero-order valence-corrected chi connectivity index (χ0v) is 88.5. The average molecular weight is 1890 g/mol. The molecule has 0 atom stereocenters. The van der Waals surface area contributed by atoms with E-state index in [9.17, 15) is 0 Å². The molecule has 718 valence electrons. The molecule has 0 saturated heterocycles. The Bertz CT molecular complexity index is 7780. The van der Waals surface area contributed by atoms with E-state index in [2.05, 4.69) is 531 Å².